The molecular weight excluding hydrogens is 341 g/mol. The largest absolute Gasteiger partial charge is 0.490 e. The first kappa shape index (κ1) is 16.6. The van der Waals surface area contributed by atoms with Crippen molar-refractivity contribution in [1.82, 2.24) is 25.0 Å². The van der Waals surface area contributed by atoms with Crippen LogP contribution in [0.5, 0.6) is 5.75 Å². The van der Waals surface area contributed by atoms with Gasteiger partial charge < -0.3 is 14.6 Å². The number of aromatic nitrogens is 5. The van der Waals surface area contributed by atoms with E-state index in [4.69, 9.17) is 9.47 Å². The normalized spacial score (nSPS) is 16.7. The molecule has 0 spiro atoms. The lowest BCUT2D eigenvalue weighted by atomic mass is 10.1. The van der Waals surface area contributed by atoms with Crippen molar-refractivity contribution in [2.75, 3.05) is 19.8 Å². The molecule has 4 rings (SSSR count). The lowest BCUT2D eigenvalue weighted by Crippen LogP contribution is -2.50. The van der Waals surface area contributed by atoms with Crippen molar-refractivity contribution in [3.63, 3.8) is 0 Å². The van der Waals surface area contributed by atoms with Crippen LogP contribution in [0.25, 0.3) is 5.69 Å². The van der Waals surface area contributed by atoms with Crippen molar-refractivity contribution in [3.8, 4) is 11.4 Å². The third kappa shape index (κ3) is 3.39. The summed E-state index contributed by atoms with van der Waals surface area (Å²) in [5.41, 5.74) is 0.0821. The van der Waals surface area contributed by atoms with E-state index in [1.807, 2.05) is 0 Å². The molecule has 1 aliphatic heterocycles. The van der Waals surface area contributed by atoms with Gasteiger partial charge in [0.2, 0.25) is 0 Å². The zero-order chi connectivity index (χ0) is 18.0. The summed E-state index contributed by atoms with van der Waals surface area (Å²) < 4.78 is 25.7. The van der Waals surface area contributed by atoms with E-state index in [0.29, 0.717) is 17.1 Å². The number of halogens is 1. The third-order valence-electron chi connectivity index (χ3n) is 3.97. The highest BCUT2D eigenvalue weighted by Crippen LogP contribution is 2.24. The summed E-state index contributed by atoms with van der Waals surface area (Å²) in [6.45, 7) is 0.103. The minimum Gasteiger partial charge on any atom is -0.490 e. The molecule has 0 amide bonds. The van der Waals surface area contributed by atoms with E-state index in [1.165, 1.54) is 23.3 Å². The Morgan fingerprint density at radius 3 is 2.69 bits per heavy atom. The molecule has 134 valence electrons. The molecule has 26 heavy (non-hydrogen) atoms. The second-order valence-electron chi connectivity index (χ2n) is 6.05. The van der Waals surface area contributed by atoms with Gasteiger partial charge >= 0.3 is 0 Å². The summed E-state index contributed by atoms with van der Waals surface area (Å²) >= 11 is 0. The number of aliphatic hydroxyl groups is 1. The summed E-state index contributed by atoms with van der Waals surface area (Å²) in [4.78, 5) is 7.98. The number of aliphatic hydroxyl groups excluding tert-OH is 1. The quantitative estimate of drug-likeness (QED) is 0.709. The van der Waals surface area contributed by atoms with Crippen LogP contribution in [0, 0.1) is 0 Å². The average molecular weight is 357 g/mol. The Morgan fingerprint density at radius 2 is 2.04 bits per heavy atom. The Morgan fingerprint density at radius 1 is 1.23 bits per heavy atom. The Hall–Kier alpha value is -2.91. The highest BCUT2D eigenvalue weighted by molar-refractivity contribution is 5.37. The van der Waals surface area contributed by atoms with Gasteiger partial charge in [-0.15, -0.1) is 5.10 Å². The van der Waals surface area contributed by atoms with Crippen LogP contribution in [-0.4, -0.2) is 55.6 Å². The minimum atomic E-state index is -1.39. The van der Waals surface area contributed by atoms with Crippen molar-refractivity contribution in [2.24, 2.45) is 0 Å². The van der Waals surface area contributed by atoms with E-state index in [-0.39, 0.29) is 19.8 Å². The number of alkyl halides is 1. The fourth-order valence-electron chi connectivity index (χ4n) is 2.45. The maximum atomic E-state index is 13.8. The highest BCUT2D eigenvalue weighted by Gasteiger charge is 2.39. The predicted molar refractivity (Wildman–Crippen MR) is 87.6 cm³/mol. The molecule has 0 saturated carbocycles. The van der Waals surface area contributed by atoms with Gasteiger partial charge in [-0.05, 0) is 24.3 Å². The predicted octanol–water partition coefficient (Wildman–Crippen LogP) is 1.26. The van der Waals surface area contributed by atoms with Gasteiger partial charge in [0, 0.05) is 12.4 Å². The van der Waals surface area contributed by atoms with Gasteiger partial charge in [0.15, 0.2) is 5.67 Å². The van der Waals surface area contributed by atoms with Crippen molar-refractivity contribution < 1.29 is 19.0 Å². The summed E-state index contributed by atoms with van der Waals surface area (Å²) in [5.74, 6) is 0.553. The van der Waals surface area contributed by atoms with Gasteiger partial charge in [-0.25, -0.2) is 9.07 Å². The molecule has 1 saturated heterocycles. The Labute approximate surface area is 148 Å². The van der Waals surface area contributed by atoms with Crippen LogP contribution >= 0.6 is 0 Å². The Balaban J connectivity index is 1.44. The van der Waals surface area contributed by atoms with Gasteiger partial charge in [0.1, 0.15) is 24.2 Å². The second kappa shape index (κ2) is 6.77. The van der Waals surface area contributed by atoms with Crippen LogP contribution in [0.4, 0.5) is 4.39 Å². The van der Waals surface area contributed by atoms with Gasteiger partial charge in [-0.1, -0.05) is 5.21 Å². The van der Waals surface area contributed by atoms with E-state index in [9.17, 15) is 9.50 Å². The summed E-state index contributed by atoms with van der Waals surface area (Å²) in [6.07, 6.45) is 5.10. The molecular formula is C17H16FN5O3. The fraction of sp³-hybridized carbons (Fsp3) is 0.294. The zero-order valence-corrected chi connectivity index (χ0v) is 13.7. The minimum absolute atomic E-state index is 0.0376. The Kier molecular flexibility index (Phi) is 4.31. The first-order valence-corrected chi connectivity index (χ1v) is 7.99. The molecule has 1 fully saturated rings. The Bertz CT molecular complexity index is 868. The molecule has 3 heterocycles. The molecule has 0 radical (unpaired) electrons. The average Bonchev–Trinajstić information content (AvgIpc) is 3.15. The number of ether oxygens (including phenoxy) is 2. The monoisotopic (exact) mass is 357 g/mol. The molecule has 1 aromatic carbocycles. The zero-order valence-electron chi connectivity index (χ0n) is 13.7. The number of hydrogen-bond donors (Lipinski definition) is 1. The molecule has 1 atom stereocenters. The number of benzene rings is 1. The van der Waals surface area contributed by atoms with E-state index in [2.05, 4.69) is 20.3 Å². The van der Waals surface area contributed by atoms with Crippen LogP contribution in [-0.2, 0) is 4.74 Å². The van der Waals surface area contributed by atoms with Crippen LogP contribution < -0.4 is 4.74 Å². The molecule has 1 aliphatic rings. The van der Waals surface area contributed by atoms with Gasteiger partial charge in [0.25, 0.3) is 0 Å². The van der Waals surface area contributed by atoms with Crippen LogP contribution in [0.1, 0.15) is 17.5 Å². The molecule has 1 unspecified atom stereocenters. The second-order valence-corrected chi connectivity index (χ2v) is 6.05. The van der Waals surface area contributed by atoms with Crippen molar-refractivity contribution in [1.29, 1.82) is 0 Å². The molecule has 0 bridgehead atoms. The van der Waals surface area contributed by atoms with Crippen molar-refractivity contribution >= 4 is 0 Å². The maximum Gasteiger partial charge on any atom is 0.190 e. The first-order valence-electron chi connectivity index (χ1n) is 7.99. The summed E-state index contributed by atoms with van der Waals surface area (Å²) in [6, 6.07) is 6.98. The smallest absolute Gasteiger partial charge is 0.190 e. The number of hydrogen-bond acceptors (Lipinski definition) is 7. The molecule has 8 nitrogen and oxygen atoms in total. The standard InChI is InChI=1S/C17H16FN5O3/c18-17(9-25-10-17)11-26-13-3-1-12(2-4-13)23-8-15(21-22-23)16(24)14-7-19-5-6-20-14/h1-8,16,24H,9-11H2. The molecule has 9 heteroatoms. The number of rotatable bonds is 6. The first-order chi connectivity index (χ1) is 12.6. The van der Waals surface area contributed by atoms with Gasteiger partial charge in [0.05, 0.1) is 37.0 Å². The van der Waals surface area contributed by atoms with E-state index in [0.717, 1.165) is 5.69 Å². The fourth-order valence-corrected chi connectivity index (χ4v) is 2.45. The van der Waals surface area contributed by atoms with E-state index in [1.54, 1.807) is 30.5 Å². The highest BCUT2D eigenvalue weighted by atomic mass is 19.1. The van der Waals surface area contributed by atoms with E-state index < -0.39 is 11.8 Å². The lowest BCUT2D eigenvalue weighted by Gasteiger charge is -2.33. The van der Waals surface area contributed by atoms with Crippen molar-refractivity contribution in [2.45, 2.75) is 11.8 Å². The summed E-state index contributed by atoms with van der Waals surface area (Å²) in [7, 11) is 0. The van der Waals surface area contributed by atoms with Gasteiger partial charge in [-0.2, -0.15) is 0 Å². The third-order valence-corrected chi connectivity index (χ3v) is 3.97. The number of nitrogens with zero attached hydrogens (tertiary/aromatic N) is 5. The maximum absolute atomic E-state index is 13.8. The molecule has 0 aliphatic carbocycles. The van der Waals surface area contributed by atoms with Crippen LogP contribution in [0.15, 0.2) is 49.1 Å². The van der Waals surface area contributed by atoms with Gasteiger partial charge in [-0.3, -0.25) is 9.97 Å². The summed E-state index contributed by atoms with van der Waals surface area (Å²) in [5, 5.41) is 18.3. The molecule has 1 N–H and O–H groups in total. The topological polar surface area (TPSA) is 95.2 Å². The van der Waals surface area contributed by atoms with Crippen LogP contribution in [0.2, 0.25) is 0 Å². The molecule has 3 aromatic rings. The van der Waals surface area contributed by atoms with Crippen LogP contribution in [0.3, 0.4) is 0 Å². The molecule has 2 aromatic heterocycles. The van der Waals surface area contributed by atoms with Crippen molar-refractivity contribution in [3.05, 3.63) is 60.4 Å². The SMILES string of the molecule is OC(c1cnccn1)c1cn(-c2ccc(OCC3(F)COC3)cc2)nn1. The van der Waals surface area contributed by atoms with E-state index >= 15 is 0 Å². The lowest BCUT2D eigenvalue weighted by molar-refractivity contribution is -0.146.